The van der Waals surface area contributed by atoms with E-state index in [0.717, 1.165) is 18.0 Å². The molecule has 0 spiro atoms. The van der Waals surface area contributed by atoms with Crippen molar-refractivity contribution in [2.24, 2.45) is 0 Å². The van der Waals surface area contributed by atoms with Gasteiger partial charge in [0.2, 0.25) is 5.91 Å². The molecular weight excluding hydrogens is 242 g/mol. The summed E-state index contributed by atoms with van der Waals surface area (Å²) in [5, 5.41) is 14.3. The summed E-state index contributed by atoms with van der Waals surface area (Å²) < 4.78 is 1.88. The molecule has 0 aromatic carbocycles. The topological polar surface area (TPSA) is 71.3 Å². The minimum atomic E-state index is -0.161. The number of carbonyl (C=O) groups excluding carboxylic acids is 1. The summed E-state index contributed by atoms with van der Waals surface area (Å²) in [5.74, 6) is 0.758. The van der Waals surface area contributed by atoms with Crippen LogP contribution >= 0.6 is 0 Å². The number of nitrogens with one attached hydrogen (secondary N) is 2. The maximum atomic E-state index is 11.8. The Labute approximate surface area is 112 Å². The van der Waals surface area contributed by atoms with Gasteiger partial charge in [0.25, 0.3) is 0 Å². The van der Waals surface area contributed by atoms with Crippen LogP contribution in [0.2, 0.25) is 0 Å². The van der Waals surface area contributed by atoms with Gasteiger partial charge in [-0.05, 0) is 25.6 Å². The van der Waals surface area contributed by atoms with Crippen molar-refractivity contribution in [3.05, 3.63) is 30.2 Å². The van der Waals surface area contributed by atoms with Gasteiger partial charge in [-0.25, -0.2) is 0 Å². The monoisotopic (exact) mass is 261 g/mol. The number of carbonyl (C=O) groups is 1. The summed E-state index contributed by atoms with van der Waals surface area (Å²) in [6, 6.07) is 5.55. The second-order valence-electron chi connectivity index (χ2n) is 4.38. The van der Waals surface area contributed by atoms with Gasteiger partial charge in [-0.2, -0.15) is 0 Å². The second kappa shape index (κ2) is 6.29. The average molecular weight is 261 g/mol. The first-order valence-corrected chi connectivity index (χ1v) is 6.52. The van der Waals surface area contributed by atoms with E-state index in [1.54, 1.807) is 0 Å². The Morgan fingerprint density at radius 3 is 3.05 bits per heavy atom. The third-order valence-corrected chi connectivity index (χ3v) is 2.88. The highest BCUT2D eigenvalue weighted by atomic mass is 16.1. The van der Waals surface area contributed by atoms with Crippen LogP contribution in [0.15, 0.2) is 24.4 Å². The van der Waals surface area contributed by atoms with E-state index in [1.165, 1.54) is 0 Å². The highest BCUT2D eigenvalue weighted by Gasteiger charge is 2.15. The third-order valence-electron chi connectivity index (χ3n) is 2.88. The van der Waals surface area contributed by atoms with Gasteiger partial charge in [-0.1, -0.05) is 13.0 Å². The van der Waals surface area contributed by atoms with Gasteiger partial charge < -0.3 is 10.6 Å². The molecule has 0 aliphatic heterocycles. The molecular formula is C13H19N5O. The fourth-order valence-electron chi connectivity index (χ4n) is 1.91. The van der Waals surface area contributed by atoms with Crippen molar-refractivity contribution in [2.45, 2.75) is 26.3 Å². The highest BCUT2D eigenvalue weighted by molar-refractivity contribution is 5.76. The van der Waals surface area contributed by atoms with Crippen LogP contribution in [0.1, 0.15) is 32.1 Å². The summed E-state index contributed by atoms with van der Waals surface area (Å²) in [6.45, 7) is 5.49. The Bertz CT molecular complexity index is 551. The van der Waals surface area contributed by atoms with Gasteiger partial charge >= 0.3 is 0 Å². The molecule has 0 saturated carbocycles. The molecule has 6 nitrogen and oxygen atoms in total. The van der Waals surface area contributed by atoms with Gasteiger partial charge in [0.05, 0.1) is 6.04 Å². The van der Waals surface area contributed by atoms with Crippen LogP contribution in [-0.4, -0.2) is 33.6 Å². The molecule has 0 saturated heterocycles. The molecule has 6 heteroatoms. The van der Waals surface area contributed by atoms with Crippen LogP contribution in [0.5, 0.6) is 0 Å². The van der Waals surface area contributed by atoms with Crippen LogP contribution in [0.4, 0.5) is 0 Å². The molecule has 102 valence electrons. The number of nitrogens with zero attached hydrogens (tertiary/aromatic N) is 3. The number of pyridine rings is 1. The van der Waals surface area contributed by atoms with Crippen molar-refractivity contribution in [3.8, 4) is 0 Å². The van der Waals surface area contributed by atoms with Crippen molar-refractivity contribution in [3.63, 3.8) is 0 Å². The molecule has 0 fully saturated rings. The van der Waals surface area contributed by atoms with E-state index < -0.39 is 0 Å². The van der Waals surface area contributed by atoms with E-state index in [9.17, 15) is 4.79 Å². The van der Waals surface area contributed by atoms with E-state index in [-0.39, 0.29) is 11.9 Å². The van der Waals surface area contributed by atoms with E-state index in [2.05, 4.69) is 20.8 Å². The standard InChI is InChI=1S/C13H19N5O/c1-3-14-8-7-12(19)15-10(2)13-17-16-11-6-4-5-9-18(11)13/h4-6,9-10,14H,3,7-8H2,1-2H3,(H,15,19). The maximum Gasteiger partial charge on any atom is 0.221 e. The first-order valence-electron chi connectivity index (χ1n) is 6.52. The Morgan fingerprint density at radius 1 is 1.42 bits per heavy atom. The molecule has 2 aromatic rings. The fourth-order valence-corrected chi connectivity index (χ4v) is 1.91. The molecule has 0 aliphatic rings. The zero-order valence-electron chi connectivity index (χ0n) is 11.3. The SMILES string of the molecule is CCNCCC(=O)NC(C)c1nnc2ccccn12. The van der Waals surface area contributed by atoms with E-state index in [0.29, 0.717) is 13.0 Å². The van der Waals surface area contributed by atoms with Crippen molar-refractivity contribution in [1.29, 1.82) is 0 Å². The van der Waals surface area contributed by atoms with Gasteiger partial charge in [0.1, 0.15) is 0 Å². The number of aromatic nitrogens is 3. The quantitative estimate of drug-likeness (QED) is 0.758. The molecule has 1 amide bonds. The lowest BCUT2D eigenvalue weighted by Crippen LogP contribution is -2.30. The van der Waals surface area contributed by atoms with Crippen LogP contribution in [0.3, 0.4) is 0 Å². The highest BCUT2D eigenvalue weighted by Crippen LogP contribution is 2.11. The zero-order chi connectivity index (χ0) is 13.7. The van der Waals surface area contributed by atoms with Crippen molar-refractivity contribution in [2.75, 3.05) is 13.1 Å². The summed E-state index contributed by atoms with van der Waals surface area (Å²) in [5.41, 5.74) is 0.784. The lowest BCUT2D eigenvalue weighted by molar-refractivity contribution is -0.121. The fraction of sp³-hybridized carbons (Fsp3) is 0.462. The number of hydrogen-bond donors (Lipinski definition) is 2. The Morgan fingerprint density at radius 2 is 2.26 bits per heavy atom. The first kappa shape index (κ1) is 13.5. The minimum absolute atomic E-state index is 0.0149. The molecule has 2 heterocycles. The van der Waals surface area contributed by atoms with Crippen LogP contribution in [0.25, 0.3) is 5.65 Å². The van der Waals surface area contributed by atoms with Crippen LogP contribution in [0, 0.1) is 0 Å². The molecule has 2 rings (SSSR count). The van der Waals surface area contributed by atoms with Crippen LogP contribution in [-0.2, 0) is 4.79 Å². The summed E-state index contributed by atoms with van der Waals surface area (Å²) >= 11 is 0. The smallest absolute Gasteiger partial charge is 0.221 e. The Hall–Kier alpha value is -1.95. The van der Waals surface area contributed by atoms with Crippen molar-refractivity contribution >= 4 is 11.6 Å². The number of hydrogen-bond acceptors (Lipinski definition) is 4. The number of amides is 1. The second-order valence-corrected chi connectivity index (χ2v) is 4.38. The molecule has 0 aliphatic carbocycles. The molecule has 1 atom stereocenters. The van der Waals surface area contributed by atoms with E-state index >= 15 is 0 Å². The molecule has 19 heavy (non-hydrogen) atoms. The van der Waals surface area contributed by atoms with Gasteiger partial charge in [0, 0.05) is 19.2 Å². The van der Waals surface area contributed by atoms with Crippen molar-refractivity contribution < 1.29 is 4.79 Å². The molecule has 0 bridgehead atoms. The lowest BCUT2D eigenvalue weighted by atomic mass is 10.3. The van der Waals surface area contributed by atoms with E-state index in [4.69, 9.17) is 0 Å². The Balaban J connectivity index is 1.99. The van der Waals surface area contributed by atoms with Gasteiger partial charge in [-0.15, -0.1) is 10.2 Å². The summed E-state index contributed by atoms with van der Waals surface area (Å²) in [6.07, 6.45) is 2.36. The lowest BCUT2D eigenvalue weighted by Gasteiger charge is -2.12. The normalized spacial score (nSPS) is 12.5. The summed E-state index contributed by atoms with van der Waals surface area (Å²) in [4.78, 5) is 11.8. The molecule has 0 radical (unpaired) electrons. The number of rotatable bonds is 6. The van der Waals surface area contributed by atoms with Crippen molar-refractivity contribution in [1.82, 2.24) is 25.2 Å². The van der Waals surface area contributed by atoms with Crippen LogP contribution < -0.4 is 10.6 Å². The molecule has 1 unspecified atom stereocenters. The summed E-state index contributed by atoms with van der Waals surface area (Å²) in [7, 11) is 0. The third kappa shape index (κ3) is 3.29. The number of fused-ring (bicyclic) bond motifs is 1. The largest absolute Gasteiger partial charge is 0.346 e. The zero-order valence-corrected chi connectivity index (χ0v) is 11.3. The minimum Gasteiger partial charge on any atom is -0.346 e. The molecule has 2 aromatic heterocycles. The predicted molar refractivity (Wildman–Crippen MR) is 72.7 cm³/mol. The van der Waals surface area contributed by atoms with Gasteiger partial charge in [-0.3, -0.25) is 9.20 Å². The van der Waals surface area contributed by atoms with Gasteiger partial charge in [0.15, 0.2) is 11.5 Å². The average Bonchev–Trinajstić information content (AvgIpc) is 2.83. The predicted octanol–water partition coefficient (Wildman–Crippen LogP) is 0.906. The maximum absolute atomic E-state index is 11.8. The first-order chi connectivity index (χ1) is 9.22. The Kier molecular flexibility index (Phi) is 4.46. The van der Waals surface area contributed by atoms with E-state index in [1.807, 2.05) is 42.6 Å². The molecule has 2 N–H and O–H groups in total.